The number of hydrogen-bond donors (Lipinski definition) is 0. The number of nitrogens with zero attached hydrogens (tertiary/aromatic N) is 3. The van der Waals surface area contributed by atoms with E-state index >= 15 is 0 Å². The third-order valence-corrected chi connectivity index (χ3v) is 2.32. The maximum absolute atomic E-state index is 13.1. The molecule has 0 saturated carbocycles. The summed E-state index contributed by atoms with van der Waals surface area (Å²) in [7, 11) is 1.36. The Morgan fingerprint density at radius 2 is 1.81 bits per heavy atom. The van der Waals surface area contributed by atoms with Crippen molar-refractivity contribution in [3.63, 3.8) is 0 Å². The van der Waals surface area contributed by atoms with Crippen LogP contribution >= 0.6 is 0 Å². The average molecular weight is 245 g/mol. The number of alkyl halides is 5. The first-order valence-corrected chi connectivity index (χ1v) is 4.71. The van der Waals surface area contributed by atoms with Crippen molar-refractivity contribution in [1.82, 2.24) is 9.91 Å². The fourth-order valence-corrected chi connectivity index (χ4v) is 1.46. The Labute approximate surface area is 89.5 Å². The van der Waals surface area contributed by atoms with Crippen molar-refractivity contribution in [2.24, 2.45) is 5.10 Å². The molecule has 1 aliphatic heterocycles. The molecular weight excluding hydrogens is 233 g/mol. The lowest BCUT2D eigenvalue weighted by Gasteiger charge is -2.34. The molecule has 1 atom stereocenters. The van der Waals surface area contributed by atoms with Gasteiger partial charge in [0.15, 0.2) is 0 Å². The van der Waals surface area contributed by atoms with Crippen LogP contribution < -0.4 is 0 Å². The highest BCUT2D eigenvalue weighted by Crippen LogP contribution is 2.40. The molecule has 0 radical (unpaired) electrons. The summed E-state index contributed by atoms with van der Waals surface area (Å²) in [5, 5.41) is 4.55. The van der Waals surface area contributed by atoms with E-state index in [-0.39, 0.29) is 11.3 Å². The molecule has 0 saturated heterocycles. The lowest BCUT2D eigenvalue weighted by Crippen LogP contribution is -2.56. The van der Waals surface area contributed by atoms with Crippen molar-refractivity contribution >= 4 is 6.34 Å². The number of hydrogen-bond acceptors (Lipinski definition) is 3. The van der Waals surface area contributed by atoms with Crippen molar-refractivity contribution < 1.29 is 22.0 Å². The van der Waals surface area contributed by atoms with Crippen LogP contribution in [0.25, 0.3) is 0 Å². The third kappa shape index (κ3) is 2.05. The van der Waals surface area contributed by atoms with E-state index in [2.05, 4.69) is 5.10 Å². The fourth-order valence-electron chi connectivity index (χ4n) is 1.46. The molecule has 1 rings (SSSR count). The van der Waals surface area contributed by atoms with E-state index in [1.165, 1.54) is 7.05 Å². The number of hydrazone groups is 1. The molecule has 0 bridgehead atoms. The molecule has 0 aromatic heterocycles. The number of halogens is 5. The second-order valence-corrected chi connectivity index (χ2v) is 3.52. The highest BCUT2D eigenvalue weighted by atomic mass is 19.4. The Balaban J connectivity index is 2.91. The van der Waals surface area contributed by atoms with Crippen LogP contribution in [-0.2, 0) is 0 Å². The van der Waals surface area contributed by atoms with Crippen LogP contribution in [-0.4, -0.2) is 41.7 Å². The summed E-state index contributed by atoms with van der Waals surface area (Å²) in [4.78, 5) is -0.0451. The molecule has 0 aromatic rings. The Morgan fingerprint density at radius 1 is 1.25 bits per heavy atom. The fraction of sp³-hybridized carbons (Fsp3) is 0.875. The lowest BCUT2D eigenvalue weighted by molar-refractivity contribution is -0.333. The Kier molecular flexibility index (Phi) is 3.30. The van der Waals surface area contributed by atoms with Crippen molar-refractivity contribution in [3.05, 3.63) is 0 Å². The molecule has 0 fully saturated rings. The summed E-state index contributed by atoms with van der Waals surface area (Å²) in [5.41, 5.74) is 0. The van der Waals surface area contributed by atoms with Crippen molar-refractivity contribution in [3.8, 4) is 0 Å². The van der Waals surface area contributed by atoms with Gasteiger partial charge in [-0.2, -0.15) is 27.1 Å². The van der Waals surface area contributed by atoms with Gasteiger partial charge in [0.2, 0.25) is 0 Å². The second kappa shape index (κ2) is 4.06. The standard InChI is InChI=1S/C8H12F5N3/c1-3-4-6-15(2)14-5-16(6)8(12,13)7(9,10)11/h5-6H,3-4H2,1-2H3. The van der Waals surface area contributed by atoms with Crippen LogP contribution in [0.2, 0.25) is 0 Å². The lowest BCUT2D eigenvalue weighted by atomic mass is 10.2. The minimum atomic E-state index is -5.60. The topological polar surface area (TPSA) is 18.8 Å². The minimum Gasteiger partial charge on any atom is -0.276 e. The maximum Gasteiger partial charge on any atom is 0.475 e. The van der Waals surface area contributed by atoms with Crippen LogP contribution in [0.5, 0.6) is 0 Å². The summed E-state index contributed by atoms with van der Waals surface area (Å²) in [6, 6.07) is -4.89. The van der Waals surface area contributed by atoms with E-state index in [0.29, 0.717) is 12.8 Å². The molecule has 0 aromatic carbocycles. The zero-order valence-electron chi connectivity index (χ0n) is 8.80. The summed E-state index contributed by atoms with van der Waals surface area (Å²) < 4.78 is 62.6. The average Bonchev–Trinajstić information content (AvgIpc) is 2.47. The summed E-state index contributed by atoms with van der Waals surface area (Å²) in [6.45, 7) is 1.70. The molecule has 94 valence electrons. The minimum absolute atomic E-state index is 0.0451. The zero-order chi connectivity index (χ0) is 12.6. The first kappa shape index (κ1) is 13.0. The van der Waals surface area contributed by atoms with Gasteiger partial charge >= 0.3 is 12.2 Å². The van der Waals surface area contributed by atoms with Crippen LogP contribution in [0.4, 0.5) is 22.0 Å². The van der Waals surface area contributed by atoms with Crippen molar-refractivity contribution in [1.29, 1.82) is 0 Å². The third-order valence-electron chi connectivity index (χ3n) is 2.32. The molecule has 0 amide bonds. The van der Waals surface area contributed by atoms with E-state index in [9.17, 15) is 22.0 Å². The molecule has 1 unspecified atom stereocenters. The quantitative estimate of drug-likeness (QED) is 0.562. The van der Waals surface area contributed by atoms with Crippen LogP contribution in [0.15, 0.2) is 5.10 Å². The van der Waals surface area contributed by atoms with Gasteiger partial charge in [0, 0.05) is 7.05 Å². The molecule has 8 heteroatoms. The molecule has 0 aliphatic carbocycles. The first-order chi connectivity index (χ1) is 7.21. The van der Waals surface area contributed by atoms with Gasteiger partial charge in [0.05, 0.1) is 0 Å². The normalized spacial score (nSPS) is 22.1. The van der Waals surface area contributed by atoms with Gasteiger partial charge in [0.1, 0.15) is 12.5 Å². The van der Waals surface area contributed by atoms with Crippen LogP contribution in [0, 0.1) is 0 Å². The predicted molar refractivity (Wildman–Crippen MR) is 47.8 cm³/mol. The monoisotopic (exact) mass is 245 g/mol. The summed E-state index contributed by atoms with van der Waals surface area (Å²) in [6.07, 6.45) is -5.45. The van der Waals surface area contributed by atoms with E-state index in [4.69, 9.17) is 0 Å². The van der Waals surface area contributed by atoms with Gasteiger partial charge in [0.25, 0.3) is 0 Å². The SMILES string of the molecule is CCCC1N(C)N=CN1C(F)(F)C(F)(F)F. The van der Waals surface area contributed by atoms with Gasteiger partial charge in [-0.3, -0.25) is 9.91 Å². The molecule has 1 aliphatic rings. The number of rotatable bonds is 3. The highest BCUT2D eigenvalue weighted by molar-refractivity contribution is 5.58. The Bertz CT molecular complexity index is 275. The second-order valence-electron chi connectivity index (χ2n) is 3.52. The molecule has 0 spiro atoms. The molecular formula is C8H12F5N3. The Hall–Kier alpha value is -1.08. The van der Waals surface area contributed by atoms with Crippen LogP contribution in [0.1, 0.15) is 19.8 Å². The highest BCUT2D eigenvalue weighted by Gasteiger charge is 2.64. The van der Waals surface area contributed by atoms with Gasteiger partial charge < -0.3 is 0 Å². The summed E-state index contributed by atoms with van der Waals surface area (Å²) in [5.74, 6) is 0. The van der Waals surface area contributed by atoms with Crippen molar-refractivity contribution in [2.75, 3.05) is 7.05 Å². The van der Waals surface area contributed by atoms with E-state index in [0.717, 1.165) is 5.01 Å². The smallest absolute Gasteiger partial charge is 0.276 e. The summed E-state index contributed by atoms with van der Waals surface area (Å²) >= 11 is 0. The molecule has 16 heavy (non-hydrogen) atoms. The van der Waals surface area contributed by atoms with Gasteiger partial charge in [-0.25, -0.2) is 0 Å². The van der Waals surface area contributed by atoms with Gasteiger partial charge in [-0.05, 0) is 6.42 Å². The molecule has 3 nitrogen and oxygen atoms in total. The van der Waals surface area contributed by atoms with Gasteiger partial charge in [-0.15, -0.1) is 0 Å². The van der Waals surface area contributed by atoms with E-state index in [1.54, 1.807) is 6.92 Å². The Morgan fingerprint density at radius 3 is 2.25 bits per heavy atom. The predicted octanol–water partition coefficient (Wildman–Crippen LogP) is 2.46. The largest absolute Gasteiger partial charge is 0.475 e. The van der Waals surface area contributed by atoms with Crippen molar-refractivity contribution in [2.45, 2.75) is 38.2 Å². The molecule has 0 N–H and O–H groups in total. The van der Waals surface area contributed by atoms with Gasteiger partial charge in [-0.1, -0.05) is 13.3 Å². The maximum atomic E-state index is 13.1. The zero-order valence-corrected chi connectivity index (χ0v) is 8.80. The van der Waals surface area contributed by atoms with Crippen LogP contribution in [0.3, 0.4) is 0 Å². The first-order valence-electron chi connectivity index (χ1n) is 4.71. The molecule has 1 heterocycles. The van der Waals surface area contributed by atoms with E-state index in [1.807, 2.05) is 0 Å². The van der Waals surface area contributed by atoms with E-state index < -0.39 is 18.4 Å².